The van der Waals surface area contributed by atoms with Crippen molar-refractivity contribution in [3.8, 4) is 0 Å². The van der Waals surface area contributed by atoms with Gasteiger partial charge in [0.1, 0.15) is 72.9 Å². The second kappa shape index (κ2) is 18.0. The quantitative estimate of drug-likeness (QED) is 0.0550. The van der Waals surface area contributed by atoms with Gasteiger partial charge in [-0.25, -0.2) is 0 Å². The summed E-state index contributed by atoms with van der Waals surface area (Å²) >= 11 is 0. The smallest absolute Gasteiger partial charge is 0.187 e. The Balaban J connectivity index is 1.55. The maximum Gasteiger partial charge on any atom is 0.187 e. The topological polar surface area (TPSA) is 394 Å². The van der Waals surface area contributed by atoms with Crippen molar-refractivity contribution < 1.29 is 69.0 Å². The summed E-state index contributed by atoms with van der Waals surface area (Å²) in [7, 11) is 0. The van der Waals surface area contributed by atoms with E-state index in [9.17, 15) is 40.5 Å². The van der Waals surface area contributed by atoms with E-state index in [2.05, 4.69) is 0 Å². The highest BCUT2D eigenvalue weighted by atomic mass is 16.8. The van der Waals surface area contributed by atoms with Crippen LogP contribution in [0, 0.1) is 11.3 Å². The fourth-order valence-corrected chi connectivity index (χ4v) is 6.88. The van der Waals surface area contributed by atoms with Gasteiger partial charge in [-0.2, -0.15) is 0 Å². The molecule has 4 rings (SSSR count). The third-order valence-electron chi connectivity index (χ3n) is 9.84. The summed E-state index contributed by atoms with van der Waals surface area (Å²) in [5.41, 5.74) is 35.4. The number of carbonyl (C=O) groups is 1. The molecule has 21 nitrogen and oxygen atoms in total. The Morgan fingerprint density at radius 2 is 1.18 bits per heavy atom. The standard InChI is InChI=1S/C29H55N7O14/c30-6-12-19(40)21(42)16(35)27(45-12)48-24-11(32)5-9(4-10(38)2-1-3-15(33)34)18(39)26(24)50-29-23(44)25(14(8-37)47-29)49-28-17(36)22(43)20(41)13(7-31)46-28/h9,11-14,16-29,37,39-44H,1-8,30-32,35-36H2,(H3,33,34)/t9-,11+,12-,13+,14-,16-,17-,18+,19-,20-,21-,22-,23-,24-,25-,26-,27-,28-,29+/m1/s1. The van der Waals surface area contributed by atoms with Crippen LogP contribution in [-0.4, -0.2) is 177 Å². The van der Waals surface area contributed by atoms with Crippen molar-refractivity contribution in [2.75, 3.05) is 19.7 Å². The van der Waals surface area contributed by atoms with Crippen LogP contribution in [0.15, 0.2) is 0 Å². The van der Waals surface area contributed by atoms with Crippen molar-refractivity contribution in [3.05, 3.63) is 0 Å². The van der Waals surface area contributed by atoms with Crippen LogP contribution >= 0.6 is 0 Å². The fraction of sp³-hybridized carbons (Fsp3) is 0.931. The zero-order valence-corrected chi connectivity index (χ0v) is 27.6. The summed E-state index contributed by atoms with van der Waals surface area (Å²) in [6.07, 6.45) is -20.2. The molecule has 290 valence electrons. The number of hydrogen-bond donors (Lipinski definition) is 14. The summed E-state index contributed by atoms with van der Waals surface area (Å²) in [6.45, 7) is -1.08. The molecular weight excluding hydrogens is 670 g/mol. The van der Waals surface area contributed by atoms with E-state index >= 15 is 0 Å². The molecule has 4 aliphatic rings. The van der Waals surface area contributed by atoms with Gasteiger partial charge in [-0.3, -0.25) is 10.2 Å². The number of ether oxygens (including phenoxy) is 6. The van der Waals surface area contributed by atoms with Crippen LogP contribution in [0.25, 0.3) is 0 Å². The van der Waals surface area contributed by atoms with Crippen LogP contribution in [-0.2, 0) is 33.2 Å². The summed E-state index contributed by atoms with van der Waals surface area (Å²) in [5, 5.41) is 81.9. The molecule has 19 atom stereocenters. The molecular formula is C29H55N7O14. The van der Waals surface area contributed by atoms with E-state index in [0.717, 1.165) is 0 Å². The van der Waals surface area contributed by atoms with Crippen LogP contribution in [0.3, 0.4) is 0 Å². The summed E-state index contributed by atoms with van der Waals surface area (Å²) < 4.78 is 35.2. The normalized spacial score (nSPS) is 46.9. The molecule has 1 saturated carbocycles. The number of amidine groups is 1. The molecule has 0 aromatic carbocycles. The Labute approximate surface area is 288 Å². The van der Waals surface area contributed by atoms with E-state index in [4.69, 9.17) is 68.2 Å². The van der Waals surface area contributed by atoms with Crippen LogP contribution in [0.4, 0.5) is 0 Å². The van der Waals surface area contributed by atoms with Gasteiger partial charge in [-0.15, -0.1) is 0 Å². The molecule has 0 radical (unpaired) electrons. The maximum atomic E-state index is 12.8. The van der Waals surface area contributed by atoms with Gasteiger partial charge >= 0.3 is 0 Å². The highest BCUT2D eigenvalue weighted by molar-refractivity contribution is 5.80. The van der Waals surface area contributed by atoms with Crippen molar-refractivity contribution in [1.29, 1.82) is 5.41 Å². The maximum absolute atomic E-state index is 12.8. The third-order valence-corrected chi connectivity index (χ3v) is 9.84. The molecule has 3 heterocycles. The Morgan fingerprint density at radius 3 is 1.68 bits per heavy atom. The minimum atomic E-state index is -1.67. The first kappa shape index (κ1) is 41.2. The largest absolute Gasteiger partial charge is 0.394 e. The zero-order chi connectivity index (χ0) is 37.0. The lowest BCUT2D eigenvalue weighted by molar-refractivity contribution is -0.309. The van der Waals surface area contributed by atoms with Crippen LogP contribution in [0.5, 0.6) is 0 Å². The monoisotopic (exact) mass is 725 g/mol. The van der Waals surface area contributed by atoms with Gasteiger partial charge in [0.15, 0.2) is 18.9 Å². The number of Topliss-reactive ketones (excluding diaryl/α,β-unsaturated/α-hetero) is 1. The molecule has 20 N–H and O–H groups in total. The number of rotatable bonds is 15. The lowest BCUT2D eigenvalue weighted by Gasteiger charge is -2.47. The second-order valence-electron chi connectivity index (χ2n) is 13.5. The van der Waals surface area contributed by atoms with Gasteiger partial charge in [-0.05, 0) is 18.8 Å². The Kier molecular flexibility index (Phi) is 14.8. The SMILES string of the molecule is N=C(N)CCCC(=O)C[C@@H]1C[C@H](N)[C@@H](O[C@H]2O[C@H](CN)[C@@H](O)[C@H](O)[C@H]2N)[C@H](O[C@@H]2O[C@H](CO)[C@@H](O[C@H]3O[C@@H](CN)[C@@H](O)[C@H](O)[C@H]3N)[C@H]2O)[C@H]1O. The molecule has 0 aromatic rings. The zero-order valence-electron chi connectivity index (χ0n) is 27.6. The average molecular weight is 726 g/mol. The molecule has 0 unspecified atom stereocenters. The van der Waals surface area contributed by atoms with E-state index in [1.54, 1.807) is 0 Å². The van der Waals surface area contributed by atoms with E-state index in [0.29, 0.717) is 6.42 Å². The summed E-state index contributed by atoms with van der Waals surface area (Å²) in [5.74, 6) is -1.05. The molecule has 0 spiro atoms. The van der Waals surface area contributed by atoms with Crippen molar-refractivity contribution in [3.63, 3.8) is 0 Å². The van der Waals surface area contributed by atoms with Crippen molar-refractivity contribution in [1.82, 2.24) is 0 Å². The molecule has 3 saturated heterocycles. The minimum Gasteiger partial charge on any atom is -0.394 e. The highest BCUT2D eigenvalue weighted by Crippen LogP contribution is 2.37. The van der Waals surface area contributed by atoms with Crippen LogP contribution in [0.1, 0.15) is 32.1 Å². The summed E-state index contributed by atoms with van der Waals surface area (Å²) in [4.78, 5) is 12.8. The molecule has 21 heteroatoms. The molecule has 1 aliphatic carbocycles. The first-order valence-corrected chi connectivity index (χ1v) is 16.8. The predicted molar refractivity (Wildman–Crippen MR) is 169 cm³/mol. The minimum absolute atomic E-state index is 0.0596. The Bertz CT molecular complexity index is 1110. The number of nitrogens with one attached hydrogen (secondary N) is 1. The second-order valence-corrected chi connectivity index (χ2v) is 13.5. The number of hydrogen-bond acceptors (Lipinski definition) is 20. The van der Waals surface area contributed by atoms with Gasteiger partial charge in [0.2, 0.25) is 0 Å². The number of aliphatic hydroxyl groups is 7. The summed E-state index contributed by atoms with van der Waals surface area (Å²) in [6, 6.07) is -3.51. The van der Waals surface area contributed by atoms with Gasteiger partial charge in [0.05, 0.1) is 30.6 Å². The lowest BCUT2D eigenvalue weighted by atomic mass is 9.76. The van der Waals surface area contributed by atoms with Gasteiger partial charge < -0.3 is 98.6 Å². The fourth-order valence-electron chi connectivity index (χ4n) is 6.88. The average Bonchev–Trinajstić information content (AvgIpc) is 3.37. The Hall–Kier alpha value is -1.58. The highest BCUT2D eigenvalue weighted by Gasteiger charge is 2.54. The number of nitrogens with two attached hydrogens (primary N) is 6. The molecule has 0 bridgehead atoms. The van der Waals surface area contributed by atoms with Crippen molar-refractivity contribution in [2.24, 2.45) is 40.3 Å². The molecule has 50 heavy (non-hydrogen) atoms. The van der Waals surface area contributed by atoms with Gasteiger partial charge in [0, 0.05) is 38.4 Å². The number of aliphatic hydroxyl groups excluding tert-OH is 7. The number of carbonyl (C=O) groups excluding carboxylic acids is 1. The molecule has 4 fully saturated rings. The van der Waals surface area contributed by atoms with Gasteiger partial charge in [-0.1, -0.05) is 0 Å². The third kappa shape index (κ3) is 9.13. The number of ketones is 1. The first-order chi connectivity index (χ1) is 23.6. The van der Waals surface area contributed by atoms with Gasteiger partial charge in [0.25, 0.3) is 0 Å². The molecule has 0 aromatic heterocycles. The predicted octanol–water partition coefficient (Wildman–Crippen LogP) is -7.54. The van der Waals surface area contributed by atoms with Crippen LogP contribution < -0.4 is 34.4 Å². The molecule has 3 aliphatic heterocycles. The van der Waals surface area contributed by atoms with E-state index in [-0.39, 0.29) is 50.4 Å². The lowest BCUT2D eigenvalue weighted by Crippen LogP contribution is -2.67. The van der Waals surface area contributed by atoms with E-state index < -0.39 is 123 Å². The van der Waals surface area contributed by atoms with Crippen LogP contribution in [0.2, 0.25) is 0 Å². The molecule has 0 amide bonds. The van der Waals surface area contributed by atoms with E-state index in [1.165, 1.54) is 0 Å². The van der Waals surface area contributed by atoms with Crippen molar-refractivity contribution in [2.45, 2.75) is 142 Å². The van der Waals surface area contributed by atoms with E-state index in [1.807, 2.05) is 0 Å². The van der Waals surface area contributed by atoms with Crippen molar-refractivity contribution >= 4 is 11.6 Å². The first-order valence-electron chi connectivity index (χ1n) is 16.8. The Morgan fingerprint density at radius 1 is 0.680 bits per heavy atom.